The number of carbonyl (C=O) groups is 1. The van der Waals surface area contributed by atoms with Crippen molar-refractivity contribution >= 4 is 5.91 Å². The maximum atomic E-state index is 12.9. The lowest BCUT2D eigenvalue weighted by molar-refractivity contribution is -0.136. The van der Waals surface area contributed by atoms with E-state index >= 15 is 0 Å². The molecule has 1 aliphatic heterocycles. The van der Waals surface area contributed by atoms with E-state index in [4.69, 9.17) is 4.74 Å². The number of carbonyl (C=O) groups excluding carboxylic acids is 1. The van der Waals surface area contributed by atoms with Crippen molar-refractivity contribution in [1.82, 2.24) is 24.6 Å². The van der Waals surface area contributed by atoms with Crippen LogP contribution in [0.1, 0.15) is 23.9 Å². The van der Waals surface area contributed by atoms with Gasteiger partial charge >= 0.3 is 0 Å². The highest BCUT2D eigenvalue weighted by molar-refractivity contribution is 5.81. The summed E-state index contributed by atoms with van der Waals surface area (Å²) in [6, 6.07) is 8.31. The fraction of sp³-hybridized carbons (Fsp3) is 0.526. The van der Waals surface area contributed by atoms with E-state index in [2.05, 4.69) is 39.4 Å². The van der Waals surface area contributed by atoms with Gasteiger partial charge in [-0.1, -0.05) is 24.3 Å². The zero-order valence-corrected chi connectivity index (χ0v) is 15.8. The molecular formula is C19H27N5O2. The van der Waals surface area contributed by atoms with Gasteiger partial charge in [0.2, 0.25) is 5.91 Å². The summed E-state index contributed by atoms with van der Waals surface area (Å²) in [6.45, 7) is 5.42. The predicted molar refractivity (Wildman–Crippen MR) is 98.4 cm³/mol. The molecule has 2 heterocycles. The normalized spacial score (nSPS) is 15.5. The molecule has 3 rings (SSSR count). The van der Waals surface area contributed by atoms with Gasteiger partial charge in [-0.25, -0.2) is 0 Å². The Bertz CT molecular complexity index is 745. The van der Waals surface area contributed by atoms with Crippen molar-refractivity contribution in [3.63, 3.8) is 0 Å². The monoisotopic (exact) mass is 357 g/mol. The highest BCUT2D eigenvalue weighted by Crippen LogP contribution is 2.21. The third-order valence-corrected chi connectivity index (χ3v) is 5.05. The Morgan fingerprint density at radius 3 is 2.88 bits per heavy atom. The molecule has 0 saturated carbocycles. The van der Waals surface area contributed by atoms with Gasteiger partial charge in [0.05, 0.1) is 19.2 Å². The lowest BCUT2D eigenvalue weighted by atomic mass is 9.98. The first-order valence-electron chi connectivity index (χ1n) is 9.01. The molecule has 0 N–H and O–H groups in total. The fourth-order valence-corrected chi connectivity index (χ4v) is 3.39. The van der Waals surface area contributed by atoms with E-state index in [-0.39, 0.29) is 11.9 Å². The topological polar surface area (TPSA) is 63.5 Å². The first-order chi connectivity index (χ1) is 12.6. The van der Waals surface area contributed by atoms with Crippen LogP contribution in [0.2, 0.25) is 0 Å². The van der Waals surface area contributed by atoms with Gasteiger partial charge in [0.1, 0.15) is 6.33 Å². The molecule has 1 aromatic heterocycles. The van der Waals surface area contributed by atoms with Crippen molar-refractivity contribution in [3.8, 4) is 0 Å². The Kier molecular flexibility index (Phi) is 6.00. The average Bonchev–Trinajstić information content (AvgIpc) is 3.11. The van der Waals surface area contributed by atoms with Crippen LogP contribution in [0.15, 0.2) is 30.6 Å². The van der Waals surface area contributed by atoms with Crippen LogP contribution in [-0.2, 0) is 35.6 Å². The lowest BCUT2D eigenvalue weighted by Crippen LogP contribution is -2.47. The number of amides is 1. The third-order valence-electron chi connectivity index (χ3n) is 5.05. The molecule has 0 radical (unpaired) electrons. The highest BCUT2D eigenvalue weighted by Gasteiger charge is 2.27. The van der Waals surface area contributed by atoms with Gasteiger partial charge in [-0.05, 0) is 24.5 Å². The molecule has 7 heteroatoms. The van der Waals surface area contributed by atoms with Crippen molar-refractivity contribution in [2.24, 2.45) is 0 Å². The Morgan fingerprint density at radius 1 is 1.35 bits per heavy atom. The Balaban J connectivity index is 1.61. The Labute approximate surface area is 154 Å². The first kappa shape index (κ1) is 18.5. The number of hydrogen-bond donors (Lipinski definition) is 0. The molecule has 1 aliphatic rings. The van der Waals surface area contributed by atoms with Crippen LogP contribution in [0.5, 0.6) is 0 Å². The summed E-state index contributed by atoms with van der Waals surface area (Å²) < 4.78 is 7.03. The highest BCUT2D eigenvalue weighted by atomic mass is 16.5. The van der Waals surface area contributed by atoms with Gasteiger partial charge in [-0.15, -0.1) is 10.2 Å². The van der Waals surface area contributed by atoms with Crippen molar-refractivity contribution < 1.29 is 9.53 Å². The van der Waals surface area contributed by atoms with Gasteiger partial charge < -0.3 is 14.2 Å². The fourth-order valence-electron chi connectivity index (χ4n) is 3.39. The third kappa shape index (κ3) is 4.11. The molecule has 2 aromatic rings. The zero-order chi connectivity index (χ0) is 18.5. The van der Waals surface area contributed by atoms with E-state index in [1.807, 2.05) is 18.5 Å². The van der Waals surface area contributed by atoms with E-state index in [0.717, 1.165) is 25.3 Å². The molecule has 0 aliphatic carbocycles. The van der Waals surface area contributed by atoms with Gasteiger partial charge in [-0.3, -0.25) is 9.69 Å². The zero-order valence-electron chi connectivity index (χ0n) is 15.8. The Hall–Kier alpha value is -2.25. The summed E-state index contributed by atoms with van der Waals surface area (Å²) in [7, 11) is 3.49. The second kappa shape index (κ2) is 8.42. The van der Waals surface area contributed by atoms with Gasteiger partial charge in [0.15, 0.2) is 5.82 Å². The number of nitrogens with zero attached hydrogens (tertiary/aromatic N) is 5. The van der Waals surface area contributed by atoms with E-state index in [1.54, 1.807) is 18.3 Å². The molecule has 1 atom stereocenters. The van der Waals surface area contributed by atoms with Crippen molar-refractivity contribution in [1.29, 1.82) is 0 Å². The number of methoxy groups -OCH3 is 1. The number of likely N-dealkylation sites (N-methyl/N-ethyl adjacent to an activating group) is 1. The molecular weight excluding hydrogens is 330 g/mol. The molecule has 1 amide bonds. The lowest BCUT2D eigenvalue weighted by Gasteiger charge is -2.34. The molecule has 0 saturated heterocycles. The van der Waals surface area contributed by atoms with Crippen LogP contribution in [0.25, 0.3) is 0 Å². The van der Waals surface area contributed by atoms with E-state index in [1.165, 1.54) is 11.1 Å². The summed E-state index contributed by atoms with van der Waals surface area (Å²) in [5, 5.41) is 8.10. The van der Waals surface area contributed by atoms with Crippen molar-refractivity contribution in [2.45, 2.75) is 39.0 Å². The number of hydrogen-bond acceptors (Lipinski definition) is 5. The smallest absolute Gasteiger partial charge is 0.239 e. The average molecular weight is 357 g/mol. The van der Waals surface area contributed by atoms with Crippen molar-refractivity contribution in [2.75, 3.05) is 27.3 Å². The van der Waals surface area contributed by atoms with E-state index in [0.29, 0.717) is 19.7 Å². The number of benzene rings is 1. The van der Waals surface area contributed by atoms with E-state index < -0.39 is 0 Å². The molecule has 0 spiro atoms. The van der Waals surface area contributed by atoms with Crippen molar-refractivity contribution in [3.05, 3.63) is 47.5 Å². The molecule has 0 fully saturated rings. The van der Waals surface area contributed by atoms with Crippen LogP contribution < -0.4 is 0 Å². The van der Waals surface area contributed by atoms with Gasteiger partial charge in [0.25, 0.3) is 0 Å². The SMILES string of the molecule is COCCn1cnnc1CN(C)C(=O)C(C)N1CCc2ccccc2C1. The minimum Gasteiger partial charge on any atom is -0.383 e. The molecule has 1 aromatic carbocycles. The molecule has 26 heavy (non-hydrogen) atoms. The van der Waals surface area contributed by atoms with Gasteiger partial charge in [0, 0.05) is 33.8 Å². The predicted octanol–water partition coefficient (Wildman–Crippen LogP) is 1.33. The minimum absolute atomic E-state index is 0.102. The summed E-state index contributed by atoms with van der Waals surface area (Å²) in [4.78, 5) is 16.9. The minimum atomic E-state index is -0.163. The van der Waals surface area contributed by atoms with Crippen LogP contribution in [0.4, 0.5) is 0 Å². The van der Waals surface area contributed by atoms with Gasteiger partial charge in [-0.2, -0.15) is 0 Å². The second-order valence-electron chi connectivity index (χ2n) is 6.79. The number of fused-ring (bicyclic) bond motifs is 1. The quantitative estimate of drug-likeness (QED) is 0.748. The molecule has 1 unspecified atom stereocenters. The Morgan fingerprint density at radius 2 is 2.12 bits per heavy atom. The number of rotatable bonds is 7. The maximum absolute atomic E-state index is 12.9. The van der Waals surface area contributed by atoms with Crippen LogP contribution in [0.3, 0.4) is 0 Å². The molecule has 7 nitrogen and oxygen atoms in total. The van der Waals surface area contributed by atoms with E-state index in [9.17, 15) is 4.79 Å². The summed E-state index contributed by atoms with van der Waals surface area (Å²) in [5.41, 5.74) is 2.71. The molecule has 140 valence electrons. The summed E-state index contributed by atoms with van der Waals surface area (Å²) in [5.74, 6) is 0.875. The van der Waals surface area contributed by atoms with Crippen LogP contribution >= 0.6 is 0 Å². The second-order valence-corrected chi connectivity index (χ2v) is 6.79. The standard InChI is InChI=1S/C19H27N5O2/c1-15(23-9-8-16-6-4-5-7-17(16)12-23)19(25)22(2)13-18-21-20-14-24(18)10-11-26-3/h4-7,14-15H,8-13H2,1-3H3. The van der Waals surface area contributed by atoms with Crippen LogP contribution in [-0.4, -0.2) is 63.8 Å². The summed E-state index contributed by atoms with van der Waals surface area (Å²) >= 11 is 0. The molecule has 0 bridgehead atoms. The first-order valence-corrected chi connectivity index (χ1v) is 9.01. The summed E-state index contributed by atoms with van der Waals surface area (Å²) in [6.07, 6.45) is 2.67. The number of ether oxygens (including phenoxy) is 1. The van der Waals surface area contributed by atoms with Crippen LogP contribution in [0, 0.1) is 0 Å². The maximum Gasteiger partial charge on any atom is 0.239 e. The number of aromatic nitrogens is 3. The largest absolute Gasteiger partial charge is 0.383 e.